The summed E-state index contributed by atoms with van der Waals surface area (Å²) < 4.78 is 46.2. The molecule has 0 spiro atoms. The largest absolute Gasteiger partial charge is 0.486 e. The number of rotatable bonds is 5. The maximum atomic E-state index is 13.9. The van der Waals surface area contributed by atoms with Gasteiger partial charge in [-0.1, -0.05) is 11.6 Å². The fourth-order valence-electron chi connectivity index (χ4n) is 2.98. The lowest BCUT2D eigenvalue weighted by molar-refractivity contribution is -0.104. The van der Waals surface area contributed by atoms with Crippen LogP contribution in [0.1, 0.15) is 6.92 Å². The molecule has 8 nitrogen and oxygen atoms in total. The van der Waals surface area contributed by atoms with Gasteiger partial charge in [0.25, 0.3) is 10.0 Å². The van der Waals surface area contributed by atoms with Crippen LogP contribution >= 0.6 is 11.6 Å². The zero-order valence-corrected chi connectivity index (χ0v) is 16.7. The van der Waals surface area contributed by atoms with Crippen molar-refractivity contribution in [3.05, 3.63) is 58.8 Å². The summed E-state index contributed by atoms with van der Waals surface area (Å²) in [6.45, 7) is 7.41. The minimum atomic E-state index is -4.11. The zero-order valence-electron chi connectivity index (χ0n) is 15.2. The molecule has 1 aromatic carbocycles. The number of hydrogen-bond acceptors (Lipinski definition) is 6. The first-order chi connectivity index (χ1) is 13.6. The molecular weight excluding hydrogens is 425 g/mol. The van der Waals surface area contributed by atoms with E-state index < -0.39 is 40.2 Å². The van der Waals surface area contributed by atoms with E-state index in [1.807, 2.05) is 0 Å². The number of hydrogen-bond donors (Lipinski definition) is 2. The summed E-state index contributed by atoms with van der Waals surface area (Å²) in [6.07, 6.45) is -1.36. The van der Waals surface area contributed by atoms with E-state index >= 15 is 0 Å². The van der Waals surface area contributed by atoms with E-state index in [0.717, 1.165) is 10.4 Å². The Morgan fingerprint density at radius 3 is 2.72 bits per heavy atom. The van der Waals surface area contributed by atoms with Gasteiger partial charge in [-0.05, 0) is 31.2 Å². The summed E-state index contributed by atoms with van der Waals surface area (Å²) in [5, 5.41) is 21.0. The average molecular weight is 442 g/mol. The van der Waals surface area contributed by atoms with Crippen LogP contribution in [-0.2, 0) is 10.0 Å². The molecule has 2 heterocycles. The quantitative estimate of drug-likeness (QED) is 0.688. The first kappa shape index (κ1) is 21.4. The molecule has 3 rings (SSSR count). The van der Waals surface area contributed by atoms with Gasteiger partial charge in [-0.15, -0.1) is 0 Å². The van der Waals surface area contributed by atoms with Crippen LogP contribution in [0, 0.1) is 12.4 Å². The van der Waals surface area contributed by atoms with Crippen molar-refractivity contribution in [3.8, 4) is 5.75 Å². The highest BCUT2D eigenvalue weighted by atomic mass is 35.5. The van der Waals surface area contributed by atoms with Gasteiger partial charge < -0.3 is 14.9 Å². The van der Waals surface area contributed by atoms with Crippen molar-refractivity contribution in [1.82, 2.24) is 9.29 Å². The van der Waals surface area contributed by atoms with E-state index in [1.54, 1.807) is 0 Å². The molecule has 2 aromatic rings. The number of aliphatic hydroxyl groups is 2. The van der Waals surface area contributed by atoms with Gasteiger partial charge in [-0.25, -0.2) is 22.6 Å². The van der Waals surface area contributed by atoms with Crippen molar-refractivity contribution in [2.24, 2.45) is 0 Å². The molecule has 154 valence electrons. The summed E-state index contributed by atoms with van der Waals surface area (Å²) in [4.78, 5) is 6.81. The predicted octanol–water partition coefficient (Wildman–Crippen LogP) is 1.99. The van der Waals surface area contributed by atoms with E-state index in [-0.39, 0.29) is 28.0 Å². The number of β-amino-alcohol motifs (C(OH)–C–C–N with tert-alkyl or cyclic N) is 1. The molecule has 1 saturated heterocycles. The smallest absolute Gasteiger partial charge is 0.260 e. The third-order valence-corrected chi connectivity index (χ3v) is 6.65. The highest BCUT2D eigenvalue weighted by Gasteiger charge is 2.54. The van der Waals surface area contributed by atoms with Crippen LogP contribution in [0.15, 0.2) is 41.6 Å². The number of halogens is 2. The Hall–Kier alpha value is -2.29. The number of aliphatic hydroxyl groups excluding tert-OH is 1. The molecule has 0 amide bonds. The summed E-state index contributed by atoms with van der Waals surface area (Å²) in [7, 11) is -4.11. The van der Waals surface area contributed by atoms with Crippen molar-refractivity contribution in [3.63, 3.8) is 0 Å². The molecule has 0 radical (unpaired) electrons. The topological polar surface area (TPSA) is 104 Å². The Morgan fingerprint density at radius 2 is 2.17 bits per heavy atom. The van der Waals surface area contributed by atoms with Crippen molar-refractivity contribution in [2.45, 2.75) is 29.8 Å². The van der Waals surface area contributed by atoms with Gasteiger partial charge in [0, 0.05) is 18.8 Å². The van der Waals surface area contributed by atoms with E-state index in [2.05, 4.69) is 9.83 Å². The molecule has 11 heteroatoms. The second-order valence-electron chi connectivity index (χ2n) is 6.61. The maximum absolute atomic E-state index is 13.9. The minimum Gasteiger partial charge on any atom is -0.486 e. The Labute approximate surface area is 172 Å². The lowest BCUT2D eigenvalue weighted by Crippen LogP contribution is -2.53. The third-order valence-electron chi connectivity index (χ3n) is 4.70. The number of sulfonamides is 1. The normalized spacial score (nSPS) is 23.5. The van der Waals surface area contributed by atoms with Gasteiger partial charge in [0.15, 0.2) is 5.03 Å². The first-order valence-corrected chi connectivity index (χ1v) is 10.3. The molecule has 1 aliphatic heterocycles. The fourth-order valence-corrected chi connectivity index (χ4v) is 4.49. The molecule has 1 aliphatic rings. The van der Waals surface area contributed by atoms with Crippen LogP contribution in [0.5, 0.6) is 5.75 Å². The Morgan fingerprint density at radius 1 is 1.45 bits per heavy atom. The molecule has 0 saturated carbocycles. The molecular formula is C18H17ClFN3O5S. The number of aromatic nitrogens is 1. The van der Waals surface area contributed by atoms with Crippen LogP contribution in [0.4, 0.5) is 10.1 Å². The van der Waals surface area contributed by atoms with Crippen LogP contribution < -0.4 is 4.74 Å². The number of pyridine rings is 1. The van der Waals surface area contributed by atoms with E-state index in [9.17, 15) is 23.0 Å². The summed E-state index contributed by atoms with van der Waals surface area (Å²) in [5.74, 6) is -0.825. The SMILES string of the molecule is [C-]#[N+]c1ccc(O[C@H]2CN(S(=O)(=O)c3ccc(Cl)cn3)C[C@@]2(O)[C@H](C)O)cc1F. The second kappa shape index (κ2) is 7.85. The van der Waals surface area contributed by atoms with Gasteiger partial charge in [0.05, 0.1) is 24.2 Å². The lowest BCUT2D eigenvalue weighted by Gasteiger charge is -2.31. The van der Waals surface area contributed by atoms with Crippen LogP contribution in [0.3, 0.4) is 0 Å². The van der Waals surface area contributed by atoms with Gasteiger partial charge in [0.1, 0.15) is 23.3 Å². The van der Waals surface area contributed by atoms with Crippen molar-refractivity contribution in [2.75, 3.05) is 13.1 Å². The Kier molecular flexibility index (Phi) is 5.80. The monoisotopic (exact) mass is 441 g/mol. The van der Waals surface area contributed by atoms with Crippen molar-refractivity contribution >= 4 is 27.3 Å². The van der Waals surface area contributed by atoms with Gasteiger partial charge in [-0.2, -0.15) is 4.31 Å². The van der Waals surface area contributed by atoms with Gasteiger partial charge >= 0.3 is 0 Å². The Bertz CT molecular complexity index is 1060. The molecule has 1 aromatic heterocycles. The molecule has 1 fully saturated rings. The molecule has 3 atom stereocenters. The fraction of sp³-hybridized carbons (Fsp3) is 0.333. The number of ether oxygens (including phenoxy) is 1. The average Bonchev–Trinajstić information content (AvgIpc) is 3.01. The lowest BCUT2D eigenvalue weighted by atomic mass is 9.94. The van der Waals surface area contributed by atoms with Crippen molar-refractivity contribution < 1.29 is 27.8 Å². The second-order valence-corrected chi connectivity index (χ2v) is 8.93. The number of nitrogens with zero attached hydrogens (tertiary/aromatic N) is 3. The standard InChI is InChI=1S/C18H17ClFN3O5S/c1-11(24)18(25)10-23(29(26,27)17-6-3-12(19)8-22-17)9-16(18)28-13-4-5-15(21-2)14(20)7-13/h3-8,11,16,24-25H,9-10H2,1H3/t11-,16-,18+/m0/s1. The summed E-state index contributed by atoms with van der Waals surface area (Å²) >= 11 is 5.74. The van der Waals surface area contributed by atoms with Crippen LogP contribution in [-0.4, -0.2) is 58.8 Å². The van der Waals surface area contributed by atoms with Crippen LogP contribution in [0.25, 0.3) is 4.85 Å². The highest BCUT2D eigenvalue weighted by molar-refractivity contribution is 7.89. The summed E-state index contributed by atoms with van der Waals surface area (Å²) in [5.41, 5.74) is -2.15. The molecule has 0 bridgehead atoms. The maximum Gasteiger partial charge on any atom is 0.260 e. The van der Waals surface area contributed by atoms with E-state index in [1.165, 1.54) is 37.4 Å². The van der Waals surface area contributed by atoms with Crippen molar-refractivity contribution in [1.29, 1.82) is 0 Å². The molecule has 2 N–H and O–H groups in total. The molecule has 0 unspecified atom stereocenters. The summed E-state index contributed by atoms with van der Waals surface area (Å²) in [6, 6.07) is 6.10. The van der Waals surface area contributed by atoms with E-state index in [0.29, 0.717) is 0 Å². The minimum absolute atomic E-state index is 0.0113. The van der Waals surface area contributed by atoms with Gasteiger partial charge in [0.2, 0.25) is 5.69 Å². The van der Waals surface area contributed by atoms with E-state index in [4.69, 9.17) is 22.9 Å². The zero-order chi connectivity index (χ0) is 21.4. The highest BCUT2D eigenvalue weighted by Crippen LogP contribution is 2.33. The Balaban J connectivity index is 1.90. The number of benzene rings is 1. The first-order valence-electron chi connectivity index (χ1n) is 8.43. The molecule has 29 heavy (non-hydrogen) atoms. The predicted molar refractivity (Wildman–Crippen MR) is 102 cm³/mol. The molecule has 0 aliphatic carbocycles. The van der Waals surface area contributed by atoms with Crippen LogP contribution in [0.2, 0.25) is 5.02 Å². The third kappa shape index (κ3) is 4.05. The van der Waals surface area contributed by atoms with Gasteiger partial charge in [-0.3, -0.25) is 0 Å².